The van der Waals surface area contributed by atoms with E-state index in [1.807, 2.05) is 29.8 Å². The minimum atomic E-state index is -0.521. The molecule has 0 spiro atoms. The summed E-state index contributed by atoms with van der Waals surface area (Å²) in [5, 5.41) is 9.31. The van der Waals surface area contributed by atoms with Crippen molar-refractivity contribution in [2.75, 3.05) is 25.0 Å². The van der Waals surface area contributed by atoms with Gasteiger partial charge in [0.05, 0.1) is 18.2 Å². The molecule has 2 amide bonds. The van der Waals surface area contributed by atoms with E-state index in [9.17, 15) is 14.9 Å². The second-order valence-corrected chi connectivity index (χ2v) is 8.24. The number of rotatable bonds is 7. The molecule has 4 N–H and O–H groups in total. The van der Waals surface area contributed by atoms with E-state index in [1.165, 1.54) is 0 Å². The van der Waals surface area contributed by atoms with E-state index >= 15 is 0 Å². The molecule has 1 aromatic rings. The number of hydrogen-bond acceptors (Lipinski definition) is 6. The maximum Gasteiger partial charge on any atom is 0.248 e. The maximum atomic E-state index is 13.2. The van der Waals surface area contributed by atoms with Crippen LogP contribution in [0, 0.1) is 11.3 Å². The Labute approximate surface area is 177 Å². The molecule has 8 heteroatoms. The highest BCUT2D eigenvalue weighted by atomic mass is 16.2. The lowest BCUT2D eigenvalue weighted by atomic mass is 10.1. The lowest BCUT2D eigenvalue weighted by Gasteiger charge is -2.32. The van der Waals surface area contributed by atoms with Crippen LogP contribution in [-0.2, 0) is 4.79 Å². The van der Waals surface area contributed by atoms with Gasteiger partial charge in [-0.05, 0) is 51.4 Å². The number of benzene rings is 1. The van der Waals surface area contributed by atoms with Crippen molar-refractivity contribution in [2.24, 2.45) is 11.5 Å². The van der Waals surface area contributed by atoms with Gasteiger partial charge < -0.3 is 21.3 Å². The molecule has 0 radical (unpaired) electrons. The molecule has 0 saturated carbocycles. The Bertz CT molecular complexity index is 879. The summed E-state index contributed by atoms with van der Waals surface area (Å²) >= 11 is 0. The van der Waals surface area contributed by atoms with E-state index in [0.717, 1.165) is 25.1 Å². The number of carbonyl (C=O) groups excluding carboxylic acids is 2. The normalized spacial score (nSPS) is 24.9. The molecule has 2 saturated heterocycles. The first-order chi connectivity index (χ1) is 14.2. The van der Waals surface area contributed by atoms with Gasteiger partial charge in [0.25, 0.3) is 0 Å². The number of carbonyl (C=O) groups is 2. The third-order valence-corrected chi connectivity index (χ3v) is 6.15. The van der Waals surface area contributed by atoms with Crippen molar-refractivity contribution in [3.63, 3.8) is 0 Å². The van der Waals surface area contributed by atoms with E-state index in [2.05, 4.69) is 12.6 Å². The SMILES string of the molecule is C=C([C@@H](N)CN(C)[C@@H]1C[C@@H](C)N(c2cccc(C(N)=O)c2)C1=O)N1CCCC1C#N. The van der Waals surface area contributed by atoms with E-state index in [4.69, 9.17) is 11.5 Å². The monoisotopic (exact) mass is 410 g/mol. The van der Waals surface area contributed by atoms with Crippen molar-refractivity contribution >= 4 is 17.5 Å². The molecule has 2 fully saturated rings. The van der Waals surface area contributed by atoms with Gasteiger partial charge in [-0.2, -0.15) is 5.26 Å². The van der Waals surface area contributed by atoms with Crippen LogP contribution in [0.15, 0.2) is 36.5 Å². The van der Waals surface area contributed by atoms with Gasteiger partial charge in [-0.3, -0.25) is 14.5 Å². The summed E-state index contributed by atoms with van der Waals surface area (Å²) in [5.41, 5.74) is 13.6. The number of nitrogens with two attached hydrogens (primary N) is 2. The van der Waals surface area contributed by atoms with Crippen molar-refractivity contribution < 1.29 is 9.59 Å². The summed E-state index contributed by atoms with van der Waals surface area (Å²) in [5.74, 6) is -0.549. The largest absolute Gasteiger partial charge is 0.366 e. The highest BCUT2D eigenvalue weighted by molar-refractivity contribution is 6.01. The fraction of sp³-hybridized carbons (Fsp3) is 0.500. The number of likely N-dealkylation sites (tertiary alicyclic amines) is 1. The average molecular weight is 411 g/mol. The number of hydrogen-bond donors (Lipinski definition) is 2. The zero-order chi connectivity index (χ0) is 22.0. The molecular formula is C22H30N6O2. The number of anilines is 1. The van der Waals surface area contributed by atoms with Crippen LogP contribution >= 0.6 is 0 Å². The first-order valence-corrected chi connectivity index (χ1v) is 10.3. The summed E-state index contributed by atoms with van der Waals surface area (Å²) in [4.78, 5) is 30.4. The summed E-state index contributed by atoms with van der Waals surface area (Å²) in [6.07, 6.45) is 2.44. The van der Waals surface area contributed by atoms with E-state index in [-0.39, 0.29) is 30.1 Å². The Morgan fingerprint density at radius 2 is 2.20 bits per heavy atom. The summed E-state index contributed by atoms with van der Waals surface area (Å²) in [6, 6.07) is 8.27. The Morgan fingerprint density at radius 1 is 1.47 bits per heavy atom. The molecular weight excluding hydrogens is 380 g/mol. The predicted octanol–water partition coefficient (Wildman–Crippen LogP) is 1.04. The van der Waals surface area contributed by atoms with Crippen LogP contribution < -0.4 is 16.4 Å². The van der Waals surface area contributed by atoms with Crippen molar-refractivity contribution in [1.82, 2.24) is 9.80 Å². The van der Waals surface area contributed by atoms with E-state index < -0.39 is 5.91 Å². The Morgan fingerprint density at radius 3 is 2.87 bits per heavy atom. The predicted molar refractivity (Wildman–Crippen MR) is 115 cm³/mol. The Hall–Kier alpha value is -2.89. The fourth-order valence-corrected chi connectivity index (χ4v) is 4.47. The number of nitrogens with zero attached hydrogens (tertiary/aromatic N) is 4. The molecule has 2 heterocycles. The Kier molecular flexibility index (Phi) is 6.44. The molecule has 0 bridgehead atoms. The van der Waals surface area contributed by atoms with Gasteiger partial charge in [0, 0.05) is 36.1 Å². The minimum Gasteiger partial charge on any atom is -0.366 e. The van der Waals surface area contributed by atoms with Gasteiger partial charge in [-0.25, -0.2) is 0 Å². The van der Waals surface area contributed by atoms with Crippen LogP contribution in [0.5, 0.6) is 0 Å². The van der Waals surface area contributed by atoms with Gasteiger partial charge in [0.15, 0.2) is 0 Å². The lowest BCUT2D eigenvalue weighted by molar-refractivity contribution is -0.121. The zero-order valence-electron chi connectivity index (χ0n) is 17.6. The lowest BCUT2D eigenvalue weighted by Crippen LogP contribution is -2.48. The first-order valence-electron chi connectivity index (χ1n) is 10.3. The molecule has 4 atom stereocenters. The van der Waals surface area contributed by atoms with Gasteiger partial charge in [-0.15, -0.1) is 0 Å². The molecule has 0 aromatic heterocycles. The van der Waals surface area contributed by atoms with Crippen molar-refractivity contribution in [3.8, 4) is 6.07 Å². The molecule has 2 aliphatic heterocycles. The van der Waals surface area contributed by atoms with Crippen LogP contribution in [-0.4, -0.2) is 65.9 Å². The first kappa shape index (κ1) is 21.8. The molecule has 30 heavy (non-hydrogen) atoms. The topological polar surface area (TPSA) is 120 Å². The van der Waals surface area contributed by atoms with Crippen molar-refractivity contribution in [2.45, 2.75) is 50.4 Å². The maximum absolute atomic E-state index is 13.2. The van der Waals surface area contributed by atoms with Crippen molar-refractivity contribution in [3.05, 3.63) is 42.1 Å². The molecule has 2 aliphatic rings. The smallest absolute Gasteiger partial charge is 0.248 e. The van der Waals surface area contributed by atoms with Crippen LogP contribution in [0.4, 0.5) is 5.69 Å². The summed E-state index contributed by atoms with van der Waals surface area (Å²) in [6.45, 7) is 7.36. The molecule has 8 nitrogen and oxygen atoms in total. The van der Waals surface area contributed by atoms with Crippen molar-refractivity contribution in [1.29, 1.82) is 5.26 Å². The molecule has 1 unspecified atom stereocenters. The fourth-order valence-electron chi connectivity index (χ4n) is 4.47. The second kappa shape index (κ2) is 8.86. The average Bonchev–Trinajstić information content (AvgIpc) is 3.31. The molecule has 160 valence electrons. The standard InChI is InChI=1S/C22H30N6O2/c1-14-10-20(22(30)28(14)17-7-4-6-16(11-17)21(25)29)26(3)13-19(24)15(2)27-9-5-8-18(27)12-23/h4,6-7,11,14,18-20H,2,5,8-10,13,24H2,1,3H3,(H2,25,29)/t14-,18?,19+,20-/m1/s1. The number of likely N-dealkylation sites (N-methyl/N-ethyl adjacent to an activating group) is 1. The van der Waals surface area contributed by atoms with Gasteiger partial charge >= 0.3 is 0 Å². The number of primary amides is 1. The zero-order valence-corrected chi connectivity index (χ0v) is 17.6. The third kappa shape index (κ3) is 4.18. The van der Waals surface area contributed by atoms with Gasteiger partial charge in [-0.1, -0.05) is 12.6 Å². The quantitative estimate of drug-likeness (QED) is 0.693. The van der Waals surface area contributed by atoms with Crippen LogP contribution in [0.25, 0.3) is 0 Å². The van der Waals surface area contributed by atoms with Crippen LogP contribution in [0.2, 0.25) is 0 Å². The minimum absolute atomic E-state index is 0.0194. The third-order valence-electron chi connectivity index (χ3n) is 6.15. The highest BCUT2D eigenvalue weighted by Crippen LogP contribution is 2.30. The van der Waals surface area contributed by atoms with Gasteiger partial charge in [0.1, 0.15) is 6.04 Å². The van der Waals surface area contributed by atoms with E-state index in [0.29, 0.717) is 24.2 Å². The Balaban J connectivity index is 1.68. The second-order valence-electron chi connectivity index (χ2n) is 8.24. The number of amides is 2. The van der Waals surface area contributed by atoms with Gasteiger partial charge in [0.2, 0.25) is 11.8 Å². The van der Waals surface area contributed by atoms with Crippen LogP contribution in [0.3, 0.4) is 0 Å². The van der Waals surface area contributed by atoms with E-state index in [1.54, 1.807) is 23.1 Å². The van der Waals surface area contributed by atoms with Crippen LogP contribution in [0.1, 0.15) is 36.5 Å². The molecule has 3 rings (SSSR count). The molecule has 0 aliphatic carbocycles. The summed E-state index contributed by atoms with van der Waals surface area (Å²) < 4.78 is 0. The highest BCUT2D eigenvalue weighted by Gasteiger charge is 2.41. The molecule has 1 aromatic carbocycles. The number of nitriles is 1. The summed E-state index contributed by atoms with van der Waals surface area (Å²) in [7, 11) is 1.89.